The van der Waals surface area contributed by atoms with Crippen LogP contribution in [0.15, 0.2) is 17.8 Å². The number of aromatic nitrogens is 3. The lowest BCUT2D eigenvalue weighted by atomic mass is 9.97. The van der Waals surface area contributed by atoms with Gasteiger partial charge < -0.3 is 15.4 Å². The van der Waals surface area contributed by atoms with Crippen LogP contribution in [0.5, 0.6) is 0 Å². The second-order valence-corrected chi connectivity index (χ2v) is 6.33. The molecule has 7 nitrogen and oxygen atoms in total. The first-order valence-corrected chi connectivity index (χ1v) is 9.05. The van der Waals surface area contributed by atoms with E-state index in [9.17, 15) is 0 Å². The quantitative estimate of drug-likeness (QED) is 0.704. The molecule has 3 rings (SSSR count). The molecule has 0 aromatic carbocycles. The minimum absolute atomic E-state index is 0.588. The molecule has 24 heavy (non-hydrogen) atoms. The van der Waals surface area contributed by atoms with Gasteiger partial charge in [0.25, 0.3) is 0 Å². The number of hydrogen-bond donors (Lipinski definition) is 2. The van der Waals surface area contributed by atoms with Gasteiger partial charge in [0, 0.05) is 32.7 Å². The summed E-state index contributed by atoms with van der Waals surface area (Å²) >= 11 is 0. The fourth-order valence-corrected chi connectivity index (χ4v) is 3.10. The molecule has 0 spiro atoms. The SMILES string of the molecule is C1=C(CCNc2cnnc(NCCN3CCOCC3)n2)CCCC1. The van der Waals surface area contributed by atoms with E-state index in [0.717, 1.165) is 58.2 Å². The van der Waals surface area contributed by atoms with E-state index in [1.807, 2.05) is 0 Å². The van der Waals surface area contributed by atoms with Crippen LogP contribution in [0, 0.1) is 0 Å². The van der Waals surface area contributed by atoms with E-state index < -0.39 is 0 Å². The zero-order valence-corrected chi connectivity index (χ0v) is 14.3. The minimum atomic E-state index is 0.588. The maximum Gasteiger partial charge on any atom is 0.244 e. The van der Waals surface area contributed by atoms with E-state index in [-0.39, 0.29) is 0 Å². The molecule has 1 aliphatic heterocycles. The van der Waals surface area contributed by atoms with Gasteiger partial charge >= 0.3 is 0 Å². The van der Waals surface area contributed by atoms with Crippen molar-refractivity contribution in [3.63, 3.8) is 0 Å². The Morgan fingerprint density at radius 3 is 2.88 bits per heavy atom. The lowest BCUT2D eigenvalue weighted by molar-refractivity contribution is 0.0398. The van der Waals surface area contributed by atoms with Gasteiger partial charge in [0.05, 0.1) is 19.4 Å². The summed E-state index contributed by atoms with van der Waals surface area (Å²) in [5.41, 5.74) is 1.57. The van der Waals surface area contributed by atoms with Crippen LogP contribution >= 0.6 is 0 Å². The van der Waals surface area contributed by atoms with Gasteiger partial charge in [0.2, 0.25) is 5.95 Å². The number of nitrogens with zero attached hydrogens (tertiary/aromatic N) is 4. The summed E-state index contributed by atoms with van der Waals surface area (Å²) in [5, 5.41) is 14.7. The van der Waals surface area contributed by atoms with Crippen molar-refractivity contribution in [2.24, 2.45) is 0 Å². The molecule has 1 aromatic rings. The van der Waals surface area contributed by atoms with Crippen LogP contribution in [0.25, 0.3) is 0 Å². The Hall–Kier alpha value is -1.73. The van der Waals surface area contributed by atoms with Gasteiger partial charge in [0.15, 0.2) is 5.82 Å². The van der Waals surface area contributed by atoms with Gasteiger partial charge in [-0.1, -0.05) is 11.6 Å². The molecule has 0 saturated carbocycles. The molecule has 2 heterocycles. The van der Waals surface area contributed by atoms with E-state index in [4.69, 9.17) is 4.74 Å². The highest BCUT2D eigenvalue weighted by Gasteiger charge is 2.10. The molecule has 0 bridgehead atoms. The van der Waals surface area contributed by atoms with Crippen LogP contribution in [-0.2, 0) is 4.74 Å². The van der Waals surface area contributed by atoms with Crippen LogP contribution in [-0.4, -0.2) is 66.0 Å². The molecule has 2 N–H and O–H groups in total. The molecule has 0 amide bonds. The van der Waals surface area contributed by atoms with Crippen molar-refractivity contribution in [1.82, 2.24) is 20.1 Å². The molecule has 1 saturated heterocycles. The molecular formula is C17H28N6O. The Kier molecular flexibility index (Phi) is 6.80. The number of nitrogens with one attached hydrogen (secondary N) is 2. The maximum atomic E-state index is 5.35. The zero-order valence-electron chi connectivity index (χ0n) is 14.3. The smallest absolute Gasteiger partial charge is 0.244 e. The van der Waals surface area contributed by atoms with Gasteiger partial charge in [0.1, 0.15) is 0 Å². The molecule has 0 atom stereocenters. The van der Waals surface area contributed by atoms with Crippen molar-refractivity contribution < 1.29 is 4.74 Å². The average molecular weight is 332 g/mol. The number of hydrogen-bond acceptors (Lipinski definition) is 7. The average Bonchev–Trinajstić information content (AvgIpc) is 2.64. The van der Waals surface area contributed by atoms with Gasteiger partial charge in [-0.3, -0.25) is 4.90 Å². The zero-order chi connectivity index (χ0) is 16.5. The molecule has 1 fully saturated rings. The van der Waals surface area contributed by atoms with E-state index in [1.165, 1.54) is 25.7 Å². The Labute approximate surface area is 143 Å². The third-order valence-electron chi connectivity index (χ3n) is 4.51. The van der Waals surface area contributed by atoms with Crippen molar-refractivity contribution in [3.8, 4) is 0 Å². The summed E-state index contributed by atoms with van der Waals surface area (Å²) < 4.78 is 5.35. The van der Waals surface area contributed by atoms with Crippen LogP contribution in [0.3, 0.4) is 0 Å². The fraction of sp³-hybridized carbons (Fsp3) is 0.706. The Balaban J connectivity index is 1.37. The van der Waals surface area contributed by atoms with Crippen LogP contribution in [0.4, 0.5) is 11.8 Å². The topological polar surface area (TPSA) is 75.2 Å². The highest BCUT2D eigenvalue weighted by Crippen LogP contribution is 2.19. The summed E-state index contributed by atoms with van der Waals surface area (Å²) in [5.74, 6) is 1.38. The summed E-state index contributed by atoms with van der Waals surface area (Å²) in [6.45, 7) is 6.34. The van der Waals surface area contributed by atoms with E-state index in [2.05, 4.69) is 36.8 Å². The van der Waals surface area contributed by atoms with Crippen molar-refractivity contribution >= 4 is 11.8 Å². The second kappa shape index (κ2) is 9.54. The number of ether oxygens (including phenoxy) is 1. The van der Waals surface area contributed by atoms with Crippen LogP contribution < -0.4 is 10.6 Å². The molecular weight excluding hydrogens is 304 g/mol. The molecule has 7 heteroatoms. The second-order valence-electron chi connectivity index (χ2n) is 6.33. The first-order chi connectivity index (χ1) is 11.9. The predicted molar refractivity (Wildman–Crippen MR) is 95.2 cm³/mol. The van der Waals surface area contributed by atoms with Crippen molar-refractivity contribution in [1.29, 1.82) is 0 Å². The van der Waals surface area contributed by atoms with Gasteiger partial charge in [-0.15, -0.1) is 5.10 Å². The maximum absolute atomic E-state index is 5.35. The van der Waals surface area contributed by atoms with Gasteiger partial charge in [-0.25, -0.2) is 0 Å². The predicted octanol–water partition coefficient (Wildman–Crippen LogP) is 1.92. The highest BCUT2D eigenvalue weighted by molar-refractivity contribution is 5.37. The summed E-state index contributed by atoms with van der Waals surface area (Å²) in [6.07, 6.45) is 10.3. The molecule has 2 aliphatic rings. The number of allylic oxidation sites excluding steroid dienone is 1. The number of anilines is 2. The number of morpholine rings is 1. The summed E-state index contributed by atoms with van der Waals surface area (Å²) in [6, 6.07) is 0. The first kappa shape index (κ1) is 17.1. The molecule has 0 radical (unpaired) electrons. The van der Waals surface area contributed by atoms with Crippen molar-refractivity contribution in [2.45, 2.75) is 32.1 Å². The lowest BCUT2D eigenvalue weighted by Gasteiger charge is -2.26. The minimum Gasteiger partial charge on any atom is -0.379 e. The normalized spacial score (nSPS) is 18.9. The lowest BCUT2D eigenvalue weighted by Crippen LogP contribution is -2.39. The third kappa shape index (κ3) is 5.72. The largest absolute Gasteiger partial charge is 0.379 e. The van der Waals surface area contributed by atoms with Gasteiger partial charge in [-0.2, -0.15) is 10.1 Å². The Morgan fingerprint density at radius 1 is 1.12 bits per heavy atom. The first-order valence-electron chi connectivity index (χ1n) is 9.05. The fourth-order valence-electron chi connectivity index (χ4n) is 3.10. The summed E-state index contributed by atoms with van der Waals surface area (Å²) in [4.78, 5) is 6.86. The Bertz CT molecular complexity index is 530. The van der Waals surface area contributed by atoms with E-state index in [0.29, 0.717) is 5.95 Å². The van der Waals surface area contributed by atoms with Crippen molar-refractivity contribution in [2.75, 3.05) is 56.6 Å². The molecule has 1 aromatic heterocycles. The molecule has 132 valence electrons. The summed E-state index contributed by atoms with van der Waals surface area (Å²) in [7, 11) is 0. The van der Waals surface area contributed by atoms with Crippen molar-refractivity contribution in [3.05, 3.63) is 17.8 Å². The molecule has 1 aliphatic carbocycles. The standard InChI is InChI=1S/C17H28N6O/c1-2-4-15(5-3-1)6-7-18-16-14-20-22-17(21-16)19-8-9-23-10-12-24-13-11-23/h4,14H,1-3,5-13H2,(H2,18,19,21,22). The van der Waals surface area contributed by atoms with Gasteiger partial charge in [-0.05, 0) is 32.1 Å². The highest BCUT2D eigenvalue weighted by atomic mass is 16.5. The van der Waals surface area contributed by atoms with Crippen LogP contribution in [0.1, 0.15) is 32.1 Å². The van der Waals surface area contributed by atoms with Crippen LogP contribution in [0.2, 0.25) is 0 Å². The molecule has 0 unspecified atom stereocenters. The monoisotopic (exact) mass is 332 g/mol. The Morgan fingerprint density at radius 2 is 2.04 bits per heavy atom. The number of rotatable bonds is 8. The van der Waals surface area contributed by atoms with E-state index >= 15 is 0 Å². The van der Waals surface area contributed by atoms with E-state index in [1.54, 1.807) is 11.8 Å². The third-order valence-corrected chi connectivity index (χ3v) is 4.51.